The lowest BCUT2D eigenvalue weighted by atomic mass is 9.88. The number of methoxy groups -OCH3 is 1. The summed E-state index contributed by atoms with van der Waals surface area (Å²) in [6, 6.07) is 0. The molecule has 0 heterocycles. The first-order valence-corrected chi connectivity index (χ1v) is 3.45. The number of hydrogen-bond acceptors (Lipinski definition) is 5. The molecule has 0 aromatic carbocycles. The number of rotatable bonds is 3. The predicted octanol–water partition coefficient (Wildman–Crippen LogP) is -0.740. The van der Waals surface area contributed by atoms with Gasteiger partial charge in [0.25, 0.3) is 0 Å². The molecule has 0 aliphatic carbocycles. The maximum atomic E-state index is 11.1. The molecule has 0 fully saturated rings. The van der Waals surface area contributed by atoms with Crippen LogP contribution in [0.3, 0.4) is 0 Å². The first-order valence-electron chi connectivity index (χ1n) is 3.45. The number of esters is 1. The number of hydroxylamine groups is 1. The molecule has 0 aromatic heterocycles. The molecule has 0 aliphatic rings. The molecule has 13 heavy (non-hydrogen) atoms. The van der Waals surface area contributed by atoms with Gasteiger partial charge in [0.1, 0.15) is 5.41 Å². The normalized spacial score (nSPS) is 10.5. The minimum atomic E-state index is -1.58. The molecule has 1 amide bonds. The number of ether oxygens (including phenoxy) is 1. The zero-order chi connectivity index (χ0) is 10.6. The number of carbonyl (C=O) groups excluding carboxylic acids is 3. The van der Waals surface area contributed by atoms with Gasteiger partial charge in [-0.3, -0.25) is 19.6 Å². The molecule has 0 unspecified atom stereocenters. The Hall–Kier alpha value is -1.43. The molecule has 0 rings (SSSR count). The van der Waals surface area contributed by atoms with Crippen LogP contribution < -0.4 is 5.48 Å². The Labute approximate surface area is 74.8 Å². The molecule has 0 bridgehead atoms. The van der Waals surface area contributed by atoms with E-state index in [0.29, 0.717) is 0 Å². The van der Waals surface area contributed by atoms with Crippen LogP contribution >= 0.6 is 0 Å². The summed E-state index contributed by atoms with van der Waals surface area (Å²) in [5.74, 6) is -3.13. The molecule has 0 saturated heterocycles. The van der Waals surface area contributed by atoms with Crippen molar-refractivity contribution in [3.05, 3.63) is 0 Å². The molecule has 0 radical (unpaired) electrons. The van der Waals surface area contributed by atoms with Crippen LogP contribution in [0.25, 0.3) is 0 Å². The lowest BCUT2D eigenvalue weighted by Crippen LogP contribution is -2.43. The molecule has 0 spiro atoms. The first-order chi connectivity index (χ1) is 5.87. The van der Waals surface area contributed by atoms with E-state index in [1.54, 1.807) is 0 Å². The molecule has 0 saturated carbocycles. The van der Waals surface area contributed by atoms with Crippen molar-refractivity contribution in [2.75, 3.05) is 7.11 Å². The van der Waals surface area contributed by atoms with Gasteiger partial charge in [-0.1, -0.05) is 0 Å². The third kappa shape index (κ3) is 2.25. The second-order valence-corrected chi connectivity index (χ2v) is 2.89. The van der Waals surface area contributed by atoms with E-state index in [0.717, 1.165) is 12.6 Å². The van der Waals surface area contributed by atoms with Gasteiger partial charge in [-0.25, -0.2) is 5.48 Å². The Morgan fingerprint density at radius 1 is 1.31 bits per heavy atom. The molecule has 0 aromatic rings. The van der Waals surface area contributed by atoms with E-state index in [-0.39, 0.29) is 0 Å². The predicted molar refractivity (Wildman–Crippen MR) is 40.7 cm³/mol. The standard InChI is InChI=1S/C7H11NO5/c1-7(2,6(11)13-3)4(9)5(10)8-12/h12H,1-3H3,(H,8,10). The van der Waals surface area contributed by atoms with Crippen LogP contribution in [0.5, 0.6) is 0 Å². The van der Waals surface area contributed by atoms with Crippen LogP contribution in [-0.4, -0.2) is 30.0 Å². The van der Waals surface area contributed by atoms with Crippen molar-refractivity contribution < 1.29 is 24.3 Å². The van der Waals surface area contributed by atoms with Crippen LogP contribution in [0.2, 0.25) is 0 Å². The topological polar surface area (TPSA) is 92.7 Å². The van der Waals surface area contributed by atoms with Gasteiger partial charge >= 0.3 is 11.9 Å². The smallest absolute Gasteiger partial charge is 0.319 e. The molecule has 6 heteroatoms. The Morgan fingerprint density at radius 2 is 1.77 bits per heavy atom. The summed E-state index contributed by atoms with van der Waals surface area (Å²) >= 11 is 0. The van der Waals surface area contributed by atoms with E-state index in [9.17, 15) is 14.4 Å². The number of ketones is 1. The number of carbonyl (C=O) groups is 3. The quantitative estimate of drug-likeness (QED) is 0.200. The van der Waals surface area contributed by atoms with Gasteiger partial charge in [0.2, 0.25) is 5.78 Å². The molecule has 0 aliphatic heterocycles. The average molecular weight is 189 g/mol. The Morgan fingerprint density at radius 3 is 2.08 bits per heavy atom. The molecular formula is C7H11NO5. The van der Waals surface area contributed by atoms with Crippen molar-refractivity contribution in [3.63, 3.8) is 0 Å². The van der Waals surface area contributed by atoms with Crippen LogP contribution in [0.15, 0.2) is 0 Å². The summed E-state index contributed by atoms with van der Waals surface area (Å²) in [7, 11) is 1.11. The second-order valence-electron chi connectivity index (χ2n) is 2.89. The highest BCUT2D eigenvalue weighted by molar-refractivity contribution is 6.41. The highest BCUT2D eigenvalue weighted by Gasteiger charge is 2.41. The summed E-state index contributed by atoms with van der Waals surface area (Å²) in [5, 5.41) is 8.15. The number of hydrogen-bond donors (Lipinski definition) is 2. The van der Waals surface area contributed by atoms with E-state index in [4.69, 9.17) is 5.21 Å². The first kappa shape index (κ1) is 11.6. The third-order valence-electron chi connectivity index (χ3n) is 1.57. The maximum Gasteiger partial charge on any atom is 0.319 e. The van der Waals surface area contributed by atoms with Crippen molar-refractivity contribution in [1.82, 2.24) is 5.48 Å². The zero-order valence-corrected chi connectivity index (χ0v) is 7.58. The number of nitrogens with one attached hydrogen (secondary N) is 1. The molecule has 2 N–H and O–H groups in total. The summed E-state index contributed by atoms with van der Waals surface area (Å²) in [6.07, 6.45) is 0. The van der Waals surface area contributed by atoms with Gasteiger partial charge in [0.15, 0.2) is 0 Å². The van der Waals surface area contributed by atoms with Gasteiger partial charge in [0.05, 0.1) is 7.11 Å². The number of amides is 1. The van der Waals surface area contributed by atoms with Crippen LogP contribution in [0, 0.1) is 5.41 Å². The van der Waals surface area contributed by atoms with E-state index in [1.165, 1.54) is 13.8 Å². The number of Topliss-reactive ketones (excluding diaryl/α,β-unsaturated/α-hetero) is 1. The van der Waals surface area contributed by atoms with E-state index in [2.05, 4.69) is 4.74 Å². The SMILES string of the molecule is COC(=O)C(C)(C)C(=O)C(=O)NO. The van der Waals surface area contributed by atoms with E-state index >= 15 is 0 Å². The van der Waals surface area contributed by atoms with Gasteiger partial charge < -0.3 is 4.74 Å². The summed E-state index contributed by atoms with van der Waals surface area (Å²) < 4.78 is 4.31. The van der Waals surface area contributed by atoms with Crippen molar-refractivity contribution in [2.45, 2.75) is 13.8 Å². The fraction of sp³-hybridized carbons (Fsp3) is 0.571. The summed E-state index contributed by atoms with van der Waals surface area (Å²) in [6.45, 7) is 2.47. The average Bonchev–Trinajstić information content (AvgIpc) is 2.13. The largest absolute Gasteiger partial charge is 0.468 e. The minimum Gasteiger partial charge on any atom is -0.468 e. The Balaban J connectivity index is 4.73. The fourth-order valence-corrected chi connectivity index (χ4v) is 0.682. The van der Waals surface area contributed by atoms with E-state index < -0.39 is 23.1 Å². The second kappa shape index (κ2) is 3.99. The monoisotopic (exact) mass is 189 g/mol. The van der Waals surface area contributed by atoms with Gasteiger partial charge in [-0.15, -0.1) is 0 Å². The van der Waals surface area contributed by atoms with Gasteiger partial charge in [-0.05, 0) is 13.8 Å². The maximum absolute atomic E-state index is 11.1. The third-order valence-corrected chi connectivity index (χ3v) is 1.57. The Kier molecular flexibility index (Phi) is 3.55. The highest BCUT2D eigenvalue weighted by atomic mass is 16.5. The lowest BCUT2D eigenvalue weighted by Gasteiger charge is -2.17. The molecular weight excluding hydrogens is 178 g/mol. The zero-order valence-electron chi connectivity index (χ0n) is 7.58. The van der Waals surface area contributed by atoms with E-state index in [1.807, 2.05) is 0 Å². The molecule has 74 valence electrons. The van der Waals surface area contributed by atoms with Crippen LogP contribution in [0.4, 0.5) is 0 Å². The van der Waals surface area contributed by atoms with Crippen molar-refractivity contribution in [1.29, 1.82) is 0 Å². The molecule has 6 nitrogen and oxygen atoms in total. The van der Waals surface area contributed by atoms with Crippen molar-refractivity contribution in [3.8, 4) is 0 Å². The minimum absolute atomic E-state index is 0.832. The highest BCUT2D eigenvalue weighted by Crippen LogP contribution is 2.18. The lowest BCUT2D eigenvalue weighted by molar-refractivity contribution is -0.160. The van der Waals surface area contributed by atoms with Crippen molar-refractivity contribution >= 4 is 17.7 Å². The van der Waals surface area contributed by atoms with Crippen LogP contribution in [0.1, 0.15) is 13.8 Å². The fourth-order valence-electron chi connectivity index (χ4n) is 0.682. The molecule has 0 atom stereocenters. The van der Waals surface area contributed by atoms with Gasteiger partial charge in [0, 0.05) is 0 Å². The Bertz CT molecular complexity index is 245. The summed E-state index contributed by atoms with van der Waals surface area (Å²) in [4.78, 5) is 32.8. The summed E-state index contributed by atoms with van der Waals surface area (Å²) in [5.41, 5.74) is -0.428. The van der Waals surface area contributed by atoms with Crippen LogP contribution in [-0.2, 0) is 19.1 Å². The van der Waals surface area contributed by atoms with Gasteiger partial charge in [-0.2, -0.15) is 0 Å². The van der Waals surface area contributed by atoms with Crippen molar-refractivity contribution in [2.24, 2.45) is 5.41 Å².